The molecule has 0 bridgehead atoms. The van der Waals surface area contributed by atoms with Crippen LogP contribution in [0.15, 0.2) is 24.3 Å². The normalized spacial score (nSPS) is 9.31. The minimum absolute atomic E-state index is 0.351. The Kier molecular flexibility index (Phi) is 3.78. The molecule has 0 aliphatic carbocycles. The third-order valence-corrected chi connectivity index (χ3v) is 1.57. The highest BCUT2D eigenvalue weighted by molar-refractivity contribution is 5.36. The zero-order valence-corrected chi connectivity index (χ0v) is 7.32. The van der Waals surface area contributed by atoms with E-state index in [1.165, 1.54) is 0 Å². The average Bonchev–Trinajstić information content (AvgIpc) is 2.19. The van der Waals surface area contributed by atoms with Gasteiger partial charge in [-0.15, -0.1) is 5.48 Å². The van der Waals surface area contributed by atoms with Gasteiger partial charge in [-0.25, -0.2) is 0 Å². The predicted molar refractivity (Wildman–Crippen MR) is 47.0 cm³/mol. The van der Waals surface area contributed by atoms with Gasteiger partial charge in [0.25, 0.3) is 0 Å². The van der Waals surface area contributed by atoms with Crippen molar-refractivity contribution in [1.82, 2.24) is 5.48 Å². The molecule has 0 aliphatic heterocycles. The van der Waals surface area contributed by atoms with Gasteiger partial charge in [-0.3, -0.25) is 4.79 Å². The summed E-state index contributed by atoms with van der Waals surface area (Å²) in [6.07, 6.45) is 0. The largest absolute Gasteiger partial charge is 0.497 e. The van der Waals surface area contributed by atoms with Crippen LogP contribution in [0.2, 0.25) is 0 Å². The van der Waals surface area contributed by atoms with Gasteiger partial charge in [0.15, 0.2) is 0 Å². The summed E-state index contributed by atoms with van der Waals surface area (Å²) >= 11 is 0. The highest BCUT2D eigenvalue weighted by atomic mass is 16.7. The van der Waals surface area contributed by atoms with E-state index in [2.05, 4.69) is 10.3 Å². The maximum atomic E-state index is 9.79. The molecule has 13 heavy (non-hydrogen) atoms. The van der Waals surface area contributed by atoms with Crippen LogP contribution in [-0.2, 0) is 16.2 Å². The highest BCUT2D eigenvalue weighted by Gasteiger charge is 1.93. The fourth-order valence-corrected chi connectivity index (χ4v) is 0.902. The molecule has 1 rings (SSSR count). The van der Waals surface area contributed by atoms with E-state index in [1.54, 1.807) is 7.11 Å². The van der Waals surface area contributed by atoms with E-state index in [1.807, 2.05) is 24.3 Å². The minimum atomic E-state index is 0.351. The van der Waals surface area contributed by atoms with Crippen LogP contribution in [0.3, 0.4) is 0 Å². The van der Waals surface area contributed by atoms with Gasteiger partial charge in [0.05, 0.1) is 13.7 Å². The van der Waals surface area contributed by atoms with Crippen molar-refractivity contribution in [1.29, 1.82) is 0 Å². The fraction of sp³-hybridized carbons (Fsp3) is 0.222. The van der Waals surface area contributed by atoms with Gasteiger partial charge in [0, 0.05) is 0 Å². The van der Waals surface area contributed by atoms with Gasteiger partial charge in [-0.1, -0.05) is 12.1 Å². The van der Waals surface area contributed by atoms with E-state index in [-0.39, 0.29) is 0 Å². The van der Waals surface area contributed by atoms with Crippen LogP contribution in [0.4, 0.5) is 0 Å². The number of rotatable bonds is 5. The van der Waals surface area contributed by atoms with Gasteiger partial charge in [0.1, 0.15) is 5.75 Å². The quantitative estimate of drug-likeness (QED) is 0.416. The molecule has 1 aromatic rings. The van der Waals surface area contributed by atoms with Gasteiger partial charge in [-0.05, 0) is 17.7 Å². The molecule has 70 valence electrons. The summed E-state index contributed by atoms with van der Waals surface area (Å²) < 4.78 is 4.99. The summed E-state index contributed by atoms with van der Waals surface area (Å²) in [6, 6.07) is 7.47. The Labute approximate surface area is 76.4 Å². The number of hydrogen-bond acceptors (Lipinski definition) is 4. The third kappa shape index (κ3) is 3.13. The molecule has 1 aromatic carbocycles. The lowest BCUT2D eigenvalue weighted by Gasteiger charge is -2.03. The van der Waals surface area contributed by atoms with Crippen molar-refractivity contribution >= 4 is 6.47 Å². The Morgan fingerprint density at radius 3 is 2.62 bits per heavy atom. The Hall–Kier alpha value is -1.55. The molecule has 0 aliphatic rings. The third-order valence-electron chi connectivity index (χ3n) is 1.57. The van der Waals surface area contributed by atoms with Crippen LogP contribution in [0, 0.1) is 0 Å². The minimum Gasteiger partial charge on any atom is -0.497 e. The second-order valence-corrected chi connectivity index (χ2v) is 2.38. The first-order valence-corrected chi connectivity index (χ1v) is 3.82. The van der Waals surface area contributed by atoms with E-state index in [4.69, 9.17) is 4.74 Å². The summed E-state index contributed by atoms with van der Waals surface area (Å²) in [6.45, 7) is 0.840. The molecule has 1 N–H and O–H groups in total. The summed E-state index contributed by atoms with van der Waals surface area (Å²) in [7, 11) is 1.61. The summed E-state index contributed by atoms with van der Waals surface area (Å²) in [5, 5.41) is 0. The van der Waals surface area contributed by atoms with Gasteiger partial charge in [0.2, 0.25) is 0 Å². The first-order chi connectivity index (χ1) is 6.36. The molecule has 0 aromatic heterocycles. The Balaban J connectivity index is 2.44. The monoisotopic (exact) mass is 181 g/mol. The SMILES string of the molecule is COc1ccc(CNOC=O)cc1. The Morgan fingerprint density at radius 1 is 1.38 bits per heavy atom. The predicted octanol–water partition coefficient (Wildman–Crippen LogP) is 0.873. The van der Waals surface area contributed by atoms with E-state index < -0.39 is 0 Å². The molecule has 0 spiro atoms. The number of carbonyl (C=O) groups excluding carboxylic acids is 1. The molecule has 0 saturated heterocycles. The number of methoxy groups -OCH3 is 1. The summed E-state index contributed by atoms with van der Waals surface area (Å²) in [5.74, 6) is 0.806. The van der Waals surface area contributed by atoms with E-state index in [9.17, 15) is 4.79 Å². The van der Waals surface area contributed by atoms with Crippen LogP contribution < -0.4 is 10.2 Å². The van der Waals surface area contributed by atoms with Crippen LogP contribution in [0.1, 0.15) is 5.56 Å². The molecule has 4 heteroatoms. The van der Waals surface area contributed by atoms with E-state index >= 15 is 0 Å². The van der Waals surface area contributed by atoms with Crippen LogP contribution in [0.25, 0.3) is 0 Å². The number of ether oxygens (including phenoxy) is 1. The standard InChI is InChI=1S/C9H11NO3/c1-12-9-4-2-8(3-5-9)6-10-13-7-11/h2-5,7,10H,6H2,1H3. The molecule has 0 amide bonds. The topological polar surface area (TPSA) is 47.6 Å². The van der Waals surface area contributed by atoms with Gasteiger partial charge in [-0.2, -0.15) is 0 Å². The molecular weight excluding hydrogens is 170 g/mol. The zero-order valence-electron chi connectivity index (χ0n) is 7.32. The zero-order chi connectivity index (χ0) is 9.52. The van der Waals surface area contributed by atoms with Crippen LogP contribution in [-0.4, -0.2) is 13.6 Å². The number of benzene rings is 1. The van der Waals surface area contributed by atoms with E-state index in [0.29, 0.717) is 13.0 Å². The number of hydroxylamine groups is 1. The summed E-state index contributed by atoms with van der Waals surface area (Å²) in [4.78, 5) is 14.1. The second-order valence-electron chi connectivity index (χ2n) is 2.38. The maximum Gasteiger partial charge on any atom is 0.312 e. The lowest BCUT2D eigenvalue weighted by molar-refractivity contribution is -0.135. The Bertz CT molecular complexity index is 258. The van der Waals surface area contributed by atoms with Crippen LogP contribution >= 0.6 is 0 Å². The average molecular weight is 181 g/mol. The number of carbonyl (C=O) groups is 1. The Morgan fingerprint density at radius 2 is 2.08 bits per heavy atom. The molecule has 4 nitrogen and oxygen atoms in total. The maximum absolute atomic E-state index is 9.79. The van der Waals surface area contributed by atoms with Crippen molar-refractivity contribution in [3.63, 3.8) is 0 Å². The lowest BCUT2D eigenvalue weighted by Crippen LogP contribution is -2.12. The fourth-order valence-electron chi connectivity index (χ4n) is 0.902. The van der Waals surface area contributed by atoms with Crippen molar-refractivity contribution in [2.45, 2.75) is 6.54 Å². The van der Waals surface area contributed by atoms with Crippen molar-refractivity contribution in [3.8, 4) is 5.75 Å². The molecule has 0 atom stereocenters. The molecule has 0 heterocycles. The molecule has 0 unspecified atom stereocenters. The van der Waals surface area contributed by atoms with Crippen molar-refractivity contribution in [2.24, 2.45) is 0 Å². The lowest BCUT2D eigenvalue weighted by atomic mass is 10.2. The van der Waals surface area contributed by atoms with Crippen molar-refractivity contribution in [3.05, 3.63) is 29.8 Å². The molecule has 0 fully saturated rings. The van der Waals surface area contributed by atoms with Crippen molar-refractivity contribution in [2.75, 3.05) is 7.11 Å². The summed E-state index contributed by atoms with van der Waals surface area (Å²) in [5.41, 5.74) is 3.50. The molecule has 0 saturated carbocycles. The number of nitrogens with one attached hydrogen (secondary N) is 1. The molecular formula is C9H11NO3. The van der Waals surface area contributed by atoms with Gasteiger partial charge < -0.3 is 9.57 Å². The smallest absolute Gasteiger partial charge is 0.312 e. The first kappa shape index (κ1) is 9.54. The highest BCUT2D eigenvalue weighted by Crippen LogP contribution is 2.10. The van der Waals surface area contributed by atoms with Gasteiger partial charge >= 0.3 is 6.47 Å². The van der Waals surface area contributed by atoms with Crippen LogP contribution in [0.5, 0.6) is 5.75 Å². The van der Waals surface area contributed by atoms with Crippen molar-refractivity contribution < 1.29 is 14.4 Å². The second kappa shape index (κ2) is 5.16. The molecule has 0 radical (unpaired) electrons. The number of hydrogen-bond donors (Lipinski definition) is 1. The van der Waals surface area contributed by atoms with E-state index in [0.717, 1.165) is 11.3 Å². The first-order valence-electron chi connectivity index (χ1n) is 3.82.